The Kier molecular flexibility index (Phi) is 7.87. The summed E-state index contributed by atoms with van der Waals surface area (Å²) in [4.78, 5) is 38.0. The van der Waals surface area contributed by atoms with Crippen LogP contribution in [0.4, 0.5) is 4.79 Å². The molecule has 6 nitrogen and oxygen atoms in total. The first-order chi connectivity index (χ1) is 15.2. The number of hydrogen-bond donors (Lipinski definition) is 0. The standard InChI is InChI=1S/C23H21Cl2NO5S/c1-4-30-22(28)14(3)26-21(27)19(32-23(26)29)11-16-9-17(24)20(18(25)10-16)31-12-15-7-5-13(2)6-8-15/h5-11,14H,4,12H2,1-3H3/b19-11+/t14-/m0/s1. The molecule has 2 aromatic rings. The van der Waals surface area contributed by atoms with Gasteiger partial charge in [-0.1, -0.05) is 53.0 Å². The molecular weight excluding hydrogens is 473 g/mol. The summed E-state index contributed by atoms with van der Waals surface area (Å²) in [5, 5.41) is 0.00186. The van der Waals surface area contributed by atoms with E-state index in [0.717, 1.165) is 27.8 Å². The summed E-state index contributed by atoms with van der Waals surface area (Å²) in [5.74, 6) is -0.889. The molecule has 0 N–H and O–H groups in total. The number of nitrogens with zero attached hydrogens (tertiary/aromatic N) is 1. The Balaban J connectivity index is 1.77. The van der Waals surface area contributed by atoms with Crippen LogP contribution in [-0.2, 0) is 20.9 Å². The van der Waals surface area contributed by atoms with Crippen LogP contribution in [-0.4, -0.2) is 34.7 Å². The Bertz CT molecular complexity index is 1060. The number of halogens is 2. The molecule has 0 spiro atoms. The normalized spacial score (nSPS) is 15.9. The Morgan fingerprint density at radius 1 is 1.16 bits per heavy atom. The van der Waals surface area contributed by atoms with Gasteiger partial charge in [-0.3, -0.25) is 14.5 Å². The first kappa shape index (κ1) is 24.2. The molecule has 1 saturated heterocycles. The number of hydrogen-bond acceptors (Lipinski definition) is 6. The van der Waals surface area contributed by atoms with E-state index in [-0.39, 0.29) is 21.6 Å². The number of thioether (sulfide) groups is 1. The highest BCUT2D eigenvalue weighted by Crippen LogP contribution is 2.38. The van der Waals surface area contributed by atoms with Gasteiger partial charge in [0.25, 0.3) is 11.1 Å². The third-order valence-corrected chi connectivity index (χ3v) is 6.11. The number of rotatable bonds is 7. The number of carbonyl (C=O) groups excluding carboxylic acids is 3. The number of amides is 2. The lowest BCUT2D eigenvalue weighted by Gasteiger charge is -2.19. The lowest BCUT2D eigenvalue weighted by atomic mass is 10.1. The average Bonchev–Trinajstić information content (AvgIpc) is 3.01. The Morgan fingerprint density at radius 2 is 1.78 bits per heavy atom. The van der Waals surface area contributed by atoms with Crippen molar-refractivity contribution in [2.75, 3.05) is 6.61 Å². The van der Waals surface area contributed by atoms with Gasteiger partial charge < -0.3 is 9.47 Å². The molecular formula is C23H21Cl2NO5S. The maximum atomic E-state index is 12.7. The molecule has 1 aliphatic heterocycles. The molecule has 1 atom stereocenters. The van der Waals surface area contributed by atoms with Gasteiger partial charge in [-0.15, -0.1) is 0 Å². The summed E-state index contributed by atoms with van der Waals surface area (Å²) in [6.45, 7) is 5.56. The first-order valence-corrected chi connectivity index (χ1v) is 11.4. The van der Waals surface area contributed by atoms with E-state index in [4.69, 9.17) is 32.7 Å². The lowest BCUT2D eigenvalue weighted by Crippen LogP contribution is -2.42. The summed E-state index contributed by atoms with van der Waals surface area (Å²) in [5.41, 5.74) is 2.64. The maximum Gasteiger partial charge on any atom is 0.329 e. The molecule has 168 valence electrons. The van der Waals surface area contributed by atoms with Gasteiger partial charge in [0.05, 0.1) is 21.6 Å². The summed E-state index contributed by atoms with van der Waals surface area (Å²) < 4.78 is 10.7. The Labute approximate surface area is 200 Å². The van der Waals surface area contributed by atoms with Crippen molar-refractivity contribution in [3.63, 3.8) is 0 Å². The molecule has 1 aliphatic rings. The van der Waals surface area contributed by atoms with Gasteiger partial charge in [0.2, 0.25) is 0 Å². The predicted molar refractivity (Wildman–Crippen MR) is 126 cm³/mol. The fraction of sp³-hybridized carbons (Fsp3) is 0.261. The van der Waals surface area contributed by atoms with Crippen molar-refractivity contribution >= 4 is 58.2 Å². The zero-order valence-electron chi connectivity index (χ0n) is 17.7. The molecule has 0 aromatic heterocycles. The number of esters is 1. The van der Waals surface area contributed by atoms with Crippen LogP contribution in [0.25, 0.3) is 6.08 Å². The van der Waals surface area contributed by atoms with Crippen LogP contribution in [0.3, 0.4) is 0 Å². The van der Waals surface area contributed by atoms with Gasteiger partial charge in [-0.25, -0.2) is 4.79 Å². The van der Waals surface area contributed by atoms with Crippen molar-refractivity contribution in [2.24, 2.45) is 0 Å². The molecule has 2 amide bonds. The van der Waals surface area contributed by atoms with E-state index in [1.165, 1.54) is 13.0 Å². The predicted octanol–water partition coefficient (Wildman–Crippen LogP) is 5.87. The summed E-state index contributed by atoms with van der Waals surface area (Å²) in [7, 11) is 0. The second-order valence-electron chi connectivity index (χ2n) is 7.07. The van der Waals surface area contributed by atoms with E-state index >= 15 is 0 Å². The highest BCUT2D eigenvalue weighted by Gasteiger charge is 2.41. The molecule has 0 radical (unpaired) electrons. The van der Waals surface area contributed by atoms with Crippen molar-refractivity contribution in [2.45, 2.75) is 33.4 Å². The molecule has 0 unspecified atom stereocenters. The molecule has 0 aliphatic carbocycles. The van der Waals surface area contributed by atoms with E-state index in [9.17, 15) is 14.4 Å². The Morgan fingerprint density at radius 3 is 2.38 bits per heavy atom. The highest BCUT2D eigenvalue weighted by molar-refractivity contribution is 8.18. The van der Waals surface area contributed by atoms with Crippen LogP contribution in [0.15, 0.2) is 41.3 Å². The topological polar surface area (TPSA) is 72.9 Å². The fourth-order valence-corrected chi connectivity index (χ4v) is 4.50. The molecule has 0 saturated carbocycles. The lowest BCUT2D eigenvalue weighted by molar-refractivity contribution is -0.150. The number of aryl methyl sites for hydroxylation is 1. The summed E-state index contributed by atoms with van der Waals surface area (Å²) in [6, 6.07) is 10.1. The SMILES string of the molecule is CCOC(=O)[C@H](C)N1C(=O)S/C(=C/c2cc(Cl)c(OCc3ccc(C)cc3)c(Cl)c2)C1=O. The van der Waals surface area contributed by atoms with Gasteiger partial charge in [0.15, 0.2) is 5.75 Å². The minimum atomic E-state index is -1.02. The van der Waals surface area contributed by atoms with Crippen LogP contribution in [0, 0.1) is 6.92 Å². The van der Waals surface area contributed by atoms with E-state index < -0.39 is 23.2 Å². The quantitative estimate of drug-likeness (QED) is 0.354. The van der Waals surface area contributed by atoms with Crippen molar-refractivity contribution in [3.8, 4) is 5.75 Å². The van der Waals surface area contributed by atoms with Crippen LogP contribution < -0.4 is 4.74 Å². The van der Waals surface area contributed by atoms with E-state index in [0.29, 0.717) is 17.9 Å². The van der Waals surface area contributed by atoms with Gasteiger partial charge in [0.1, 0.15) is 12.6 Å². The van der Waals surface area contributed by atoms with Gasteiger partial charge >= 0.3 is 5.97 Å². The van der Waals surface area contributed by atoms with E-state index in [1.807, 2.05) is 31.2 Å². The van der Waals surface area contributed by atoms with Gasteiger partial charge in [-0.05, 0) is 61.9 Å². The van der Waals surface area contributed by atoms with Crippen LogP contribution in [0.2, 0.25) is 10.0 Å². The first-order valence-electron chi connectivity index (χ1n) is 9.82. The van der Waals surface area contributed by atoms with Gasteiger partial charge in [-0.2, -0.15) is 0 Å². The van der Waals surface area contributed by atoms with E-state index in [2.05, 4.69) is 0 Å². The highest BCUT2D eigenvalue weighted by atomic mass is 35.5. The zero-order chi connectivity index (χ0) is 23.4. The number of imide groups is 1. The average molecular weight is 494 g/mol. The zero-order valence-corrected chi connectivity index (χ0v) is 20.0. The Hall–Kier alpha value is -2.48. The summed E-state index contributed by atoms with van der Waals surface area (Å²) in [6.07, 6.45) is 1.50. The van der Waals surface area contributed by atoms with E-state index in [1.54, 1.807) is 19.1 Å². The second kappa shape index (κ2) is 10.4. The van der Waals surface area contributed by atoms with Gasteiger partial charge in [0, 0.05) is 0 Å². The van der Waals surface area contributed by atoms with Crippen molar-refractivity contribution < 1.29 is 23.9 Å². The van der Waals surface area contributed by atoms with Crippen LogP contribution >= 0.6 is 35.0 Å². The molecule has 32 heavy (non-hydrogen) atoms. The largest absolute Gasteiger partial charge is 0.486 e. The number of ether oxygens (including phenoxy) is 2. The molecule has 0 bridgehead atoms. The summed E-state index contributed by atoms with van der Waals surface area (Å²) >= 11 is 13.5. The van der Waals surface area contributed by atoms with Crippen molar-refractivity contribution in [1.29, 1.82) is 0 Å². The minimum Gasteiger partial charge on any atom is -0.486 e. The van der Waals surface area contributed by atoms with Crippen LogP contribution in [0.5, 0.6) is 5.75 Å². The monoisotopic (exact) mass is 493 g/mol. The molecule has 1 fully saturated rings. The smallest absolute Gasteiger partial charge is 0.329 e. The fourth-order valence-electron chi connectivity index (χ4n) is 2.97. The maximum absolute atomic E-state index is 12.7. The number of carbonyl (C=O) groups is 3. The minimum absolute atomic E-state index is 0.157. The molecule has 3 rings (SSSR count). The van der Waals surface area contributed by atoms with Crippen LogP contribution in [0.1, 0.15) is 30.5 Å². The molecule has 9 heteroatoms. The third kappa shape index (κ3) is 5.46. The number of benzene rings is 2. The molecule has 2 aromatic carbocycles. The second-order valence-corrected chi connectivity index (χ2v) is 8.88. The molecule has 1 heterocycles. The van der Waals surface area contributed by atoms with Crippen molar-refractivity contribution in [1.82, 2.24) is 4.90 Å². The third-order valence-electron chi connectivity index (χ3n) is 4.66. The van der Waals surface area contributed by atoms with Crippen molar-refractivity contribution in [3.05, 3.63) is 68.0 Å².